The van der Waals surface area contributed by atoms with Crippen molar-refractivity contribution in [1.29, 1.82) is 0 Å². The predicted molar refractivity (Wildman–Crippen MR) is 110 cm³/mol. The molecule has 0 bridgehead atoms. The van der Waals surface area contributed by atoms with Gasteiger partial charge in [-0.15, -0.1) is 0 Å². The van der Waals surface area contributed by atoms with Gasteiger partial charge < -0.3 is 19.9 Å². The molecule has 156 valence electrons. The fraction of sp³-hybridized carbons (Fsp3) is 0.455. The highest BCUT2D eigenvalue weighted by Gasteiger charge is 2.43. The third-order valence-electron chi connectivity index (χ3n) is 5.34. The molecule has 0 radical (unpaired) electrons. The molecule has 0 amide bonds. The number of nitrogens with one attached hydrogen (secondary N) is 1. The highest BCUT2D eigenvalue weighted by molar-refractivity contribution is 6.32. The predicted octanol–water partition coefficient (Wildman–Crippen LogP) is 4.22. The summed E-state index contributed by atoms with van der Waals surface area (Å²) < 4.78 is 10.5. The Morgan fingerprint density at radius 3 is 2.66 bits per heavy atom. The van der Waals surface area contributed by atoms with Crippen LogP contribution in [0, 0.1) is 5.41 Å². The highest BCUT2D eigenvalue weighted by Crippen LogP contribution is 2.48. The number of benzene rings is 1. The Kier molecular flexibility index (Phi) is 5.68. The summed E-state index contributed by atoms with van der Waals surface area (Å²) in [6.45, 7) is 7.85. The van der Waals surface area contributed by atoms with E-state index in [1.165, 1.54) is 7.11 Å². The van der Waals surface area contributed by atoms with Gasteiger partial charge in [0.05, 0.1) is 24.3 Å². The second kappa shape index (κ2) is 7.75. The zero-order chi connectivity index (χ0) is 21.5. The number of allylic oxidation sites excluding steroid dienone is 3. The standard InChI is InChI=1S/C22H26ClNO5/c1-6-29-21(27)17-11(2)24-14-9-22(3,4)10-15(25)19(14)18(17)12-7-13(23)20(26)16(8-12)28-5/h7-8,18,24,26H,6,9-10H2,1-5H3/t18-/m0/s1. The number of carbonyl (C=O) groups excluding carboxylic acids is 2. The molecule has 0 aromatic heterocycles. The van der Waals surface area contributed by atoms with E-state index in [0.29, 0.717) is 35.2 Å². The lowest BCUT2D eigenvalue weighted by Gasteiger charge is -2.39. The van der Waals surface area contributed by atoms with Crippen molar-refractivity contribution < 1.29 is 24.2 Å². The zero-order valence-electron chi connectivity index (χ0n) is 17.3. The fourth-order valence-corrected chi connectivity index (χ4v) is 4.38. The molecule has 2 N–H and O–H groups in total. The summed E-state index contributed by atoms with van der Waals surface area (Å²) in [6.07, 6.45) is 1.06. The summed E-state index contributed by atoms with van der Waals surface area (Å²) in [5.41, 5.74) is 2.77. The van der Waals surface area contributed by atoms with E-state index >= 15 is 0 Å². The van der Waals surface area contributed by atoms with E-state index < -0.39 is 11.9 Å². The van der Waals surface area contributed by atoms with Crippen molar-refractivity contribution in [2.45, 2.75) is 46.5 Å². The lowest BCUT2D eigenvalue weighted by atomic mass is 9.68. The molecule has 0 unspecified atom stereocenters. The molecule has 1 heterocycles. The monoisotopic (exact) mass is 419 g/mol. The van der Waals surface area contributed by atoms with E-state index in [0.717, 1.165) is 5.70 Å². The Morgan fingerprint density at radius 2 is 2.03 bits per heavy atom. The van der Waals surface area contributed by atoms with Crippen LogP contribution in [0.3, 0.4) is 0 Å². The zero-order valence-corrected chi connectivity index (χ0v) is 18.1. The number of hydrogen-bond acceptors (Lipinski definition) is 6. The van der Waals surface area contributed by atoms with E-state index in [2.05, 4.69) is 5.32 Å². The number of phenols is 1. The minimum atomic E-state index is -0.652. The molecule has 0 saturated carbocycles. The normalized spacial score (nSPS) is 20.9. The number of phenolic OH excluding ortho intramolecular Hbond substituents is 1. The Hall–Kier alpha value is -2.47. The van der Waals surface area contributed by atoms with Crippen LogP contribution in [0.1, 0.15) is 52.0 Å². The maximum absolute atomic E-state index is 13.2. The molecule has 0 saturated heterocycles. The number of Topliss-reactive ketones (excluding diaryl/α,β-unsaturated/α-hetero) is 1. The number of methoxy groups -OCH3 is 1. The van der Waals surface area contributed by atoms with Crippen LogP contribution in [0.2, 0.25) is 5.02 Å². The van der Waals surface area contributed by atoms with Crippen molar-refractivity contribution in [2.75, 3.05) is 13.7 Å². The third-order valence-corrected chi connectivity index (χ3v) is 5.63. The van der Waals surface area contributed by atoms with Crippen LogP contribution in [-0.4, -0.2) is 30.6 Å². The first-order valence-electron chi connectivity index (χ1n) is 9.57. The van der Waals surface area contributed by atoms with Crippen molar-refractivity contribution >= 4 is 23.4 Å². The first-order valence-corrected chi connectivity index (χ1v) is 9.95. The molecule has 0 fully saturated rings. The number of ketones is 1. The topological polar surface area (TPSA) is 84.9 Å². The van der Waals surface area contributed by atoms with Crippen molar-refractivity contribution in [3.05, 3.63) is 45.3 Å². The molecule has 6 nitrogen and oxygen atoms in total. The average molecular weight is 420 g/mol. The van der Waals surface area contributed by atoms with E-state index in [1.807, 2.05) is 13.8 Å². The Morgan fingerprint density at radius 1 is 1.34 bits per heavy atom. The molecule has 29 heavy (non-hydrogen) atoms. The first kappa shape index (κ1) is 21.2. The third kappa shape index (κ3) is 3.86. The van der Waals surface area contributed by atoms with E-state index in [1.54, 1.807) is 26.0 Å². The molecule has 1 aromatic rings. The van der Waals surface area contributed by atoms with Crippen molar-refractivity contribution in [3.63, 3.8) is 0 Å². The van der Waals surface area contributed by atoms with Crippen LogP contribution >= 0.6 is 11.6 Å². The fourth-order valence-electron chi connectivity index (χ4n) is 4.16. The van der Waals surface area contributed by atoms with Gasteiger partial charge in [-0.2, -0.15) is 0 Å². The number of rotatable bonds is 4. The highest BCUT2D eigenvalue weighted by atomic mass is 35.5. The molecular formula is C22H26ClNO5. The van der Waals surface area contributed by atoms with Crippen molar-refractivity contribution in [1.82, 2.24) is 5.32 Å². The van der Waals surface area contributed by atoms with Crippen LogP contribution in [0.15, 0.2) is 34.7 Å². The minimum absolute atomic E-state index is 0.0220. The number of halogens is 1. The minimum Gasteiger partial charge on any atom is -0.503 e. The number of aromatic hydroxyl groups is 1. The first-order chi connectivity index (χ1) is 13.6. The summed E-state index contributed by atoms with van der Waals surface area (Å²) in [5.74, 6) is -1.17. The van der Waals surface area contributed by atoms with Crippen LogP contribution in [-0.2, 0) is 14.3 Å². The Bertz CT molecular complexity index is 945. The van der Waals surface area contributed by atoms with Crippen LogP contribution in [0.25, 0.3) is 0 Å². The SMILES string of the molecule is CCOC(=O)C1=C(C)NC2=C(C(=O)CC(C)(C)C2)[C@H]1c1cc(Cl)c(O)c(OC)c1. The van der Waals surface area contributed by atoms with Gasteiger partial charge >= 0.3 is 5.97 Å². The van der Waals surface area contributed by atoms with Crippen LogP contribution in [0.4, 0.5) is 0 Å². The molecular weight excluding hydrogens is 394 g/mol. The molecule has 7 heteroatoms. The van der Waals surface area contributed by atoms with E-state index in [9.17, 15) is 14.7 Å². The van der Waals surface area contributed by atoms with E-state index in [4.69, 9.17) is 21.1 Å². The molecule has 0 spiro atoms. The quantitative estimate of drug-likeness (QED) is 0.711. The maximum Gasteiger partial charge on any atom is 0.336 e. The van der Waals surface area contributed by atoms with Crippen molar-refractivity contribution in [3.8, 4) is 11.5 Å². The number of esters is 1. The molecule has 1 aliphatic heterocycles. The number of dihydropyridines is 1. The second-order valence-electron chi connectivity index (χ2n) is 8.20. The molecule has 1 atom stereocenters. The number of hydrogen-bond donors (Lipinski definition) is 2. The Labute approximate surface area is 175 Å². The van der Waals surface area contributed by atoms with E-state index in [-0.39, 0.29) is 34.3 Å². The molecule has 1 aliphatic carbocycles. The van der Waals surface area contributed by atoms with Crippen LogP contribution < -0.4 is 10.1 Å². The second-order valence-corrected chi connectivity index (χ2v) is 8.61. The molecule has 3 rings (SSSR count). The van der Waals surface area contributed by atoms with Gasteiger partial charge in [-0.05, 0) is 43.4 Å². The molecule has 1 aromatic carbocycles. The summed E-state index contributed by atoms with van der Waals surface area (Å²) in [7, 11) is 1.42. The van der Waals surface area contributed by atoms with Crippen LogP contribution in [0.5, 0.6) is 11.5 Å². The van der Waals surface area contributed by atoms with Gasteiger partial charge in [-0.25, -0.2) is 4.79 Å². The van der Waals surface area contributed by atoms with Gasteiger partial charge in [-0.3, -0.25) is 4.79 Å². The summed E-state index contributed by atoms with van der Waals surface area (Å²) >= 11 is 6.22. The summed E-state index contributed by atoms with van der Waals surface area (Å²) in [4.78, 5) is 26.0. The molecule has 2 aliphatic rings. The lowest BCUT2D eigenvalue weighted by molar-refractivity contribution is -0.138. The lowest BCUT2D eigenvalue weighted by Crippen LogP contribution is -2.38. The average Bonchev–Trinajstić information content (AvgIpc) is 2.61. The Balaban J connectivity index is 2.25. The van der Waals surface area contributed by atoms with Gasteiger partial charge in [0.2, 0.25) is 0 Å². The smallest absolute Gasteiger partial charge is 0.336 e. The summed E-state index contributed by atoms with van der Waals surface area (Å²) in [5, 5.41) is 13.5. The number of ether oxygens (including phenoxy) is 2. The summed E-state index contributed by atoms with van der Waals surface area (Å²) in [6, 6.07) is 3.18. The largest absolute Gasteiger partial charge is 0.503 e. The number of carbonyl (C=O) groups is 2. The van der Waals surface area contributed by atoms with Gasteiger partial charge in [-0.1, -0.05) is 25.4 Å². The van der Waals surface area contributed by atoms with Gasteiger partial charge in [0.15, 0.2) is 17.3 Å². The van der Waals surface area contributed by atoms with Gasteiger partial charge in [0.25, 0.3) is 0 Å². The van der Waals surface area contributed by atoms with Gasteiger partial charge in [0, 0.05) is 29.3 Å². The maximum atomic E-state index is 13.2. The van der Waals surface area contributed by atoms with Gasteiger partial charge in [0.1, 0.15) is 0 Å². The van der Waals surface area contributed by atoms with Crippen molar-refractivity contribution in [2.24, 2.45) is 5.41 Å².